The lowest BCUT2D eigenvalue weighted by Crippen LogP contribution is -2.25. The summed E-state index contributed by atoms with van der Waals surface area (Å²) in [6.45, 7) is 6.16. The number of nitrogens with one attached hydrogen (secondary N) is 3. The van der Waals surface area contributed by atoms with Crippen LogP contribution in [-0.2, 0) is 9.53 Å². The number of methoxy groups -OCH3 is 1. The highest BCUT2D eigenvalue weighted by molar-refractivity contribution is 5.96. The van der Waals surface area contributed by atoms with E-state index in [1.807, 2.05) is 24.3 Å². The zero-order valence-corrected chi connectivity index (χ0v) is 17.9. The number of rotatable bonds is 12. The van der Waals surface area contributed by atoms with Crippen molar-refractivity contribution < 1.29 is 19.1 Å². The molecule has 2 amide bonds. The van der Waals surface area contributed by atoms with E-state index in [0.717, 1.165) is 17.9 Å². The van der Waals surface area contributed by atoms with Crippen LogP contribution in [0.2, 0.25) is 0 Å². The third kappa shape index (κ3) is 8.53. The Bertz CT molecular complexity index is 789. The molecule has 0 atom stereocenters. The zero-order valence-electron chi connectivity index (χ0n) is 17.9. The molecule has 0 aromatic heterocycles. The van der Waals surface area contributed by atoms with Crippen molar-refractivity contribution in [2.24, 2.45) is 5.92 Å². The molecule has 0 unspecified atom stereocenters. The lowest BCUT2D eigenvalue weighted by molar-refractivity contribution is -0.114. The topological polar surface area (TPSA) is 88.7 Å². The van der Waals surface area contributed by atoms with Gasteiger partial charge in [-0.2, -0.15) is 0 Å². The van der Waals surface area contributed by atoms with E-state index in [4.69, 9.17) is 9.47 Å². The van der Waals surface area contributed by atoms with Crippen LogP contribution >= 0.6 is 0 Å². The number of anilines is 2. The van der Waals surface area contributed by atoms with Crippen LogP contribution in [0.5, 0.6) is 5.75 Å². The van der Waals surface area contributed by atoms with Gasteiger partial charge in [-0.15, -0.1) is 0 Å². The Morgan fingerprint density at radius 3 is 2.27 bits per heavy atom. The van der Waals surface area contributed by atoms with Gasteiger partial charge in [0.1, 0.15) is 5.75 Å². The monoisotopic (exact) mass is 413 g/mol. The van der Waals surface area contributed by atoms with Crippen LogP contribution < -0.4 is 20.7 Å². The fraction of sp³-hybridized carbons (Fsp3) is 0.391. The Labute approximate surface area is 178 Å². The van der Waals surface area contributed by atoms with E-state index in [9.17, 15) is 9.59 Å². The minimum absolute atomic E-state index is 0.133. The molecular formula is C23H31N3O4. The highest BCUT2D eigenvalue weighted by atomic mass is 16.5. The van der Waals surface area contributed by atoms with Gasteiger partial charge in [0.2, 0.25) is 5.91 Å². The van der Waals surface area contributed by atoms with E-state index in [1.54, 1.807) is 31.4 Å². The van der Waals surface area contributed by atoms with E-state index < -0.39 is 0 Å². The third-order valence-electron chi connectivity index (χ3n) is 4.13. The summed E-state index contributed by atoms with van der Waals surface area (Å²) in [6.07, 6.45) is 0.761. The summed E-state index contributed by atoms with van der Waals surface area (Å²) in [7, 11) is 1.63. The highest BCUT2D eigenvalue weighted by Crippen LogP contribution is 2.16. The maximum absolute atomic E-state index is 12.2. The number of hydrogen-bond donors (Lipinski definition) is 3. The van der Waals surface area contributed by atoms with Gasteiger partial charge in [-0.25, -0.2) is 0 Å². The van der Waals surface area contributed by atoms with Gasteiger partial charge in [-0.05, 0) is 60.9 Å². The molecule has 7 nitrogen and oxygen atoms in total. The molecule has 0 spiro atoms. The Morgan fingerprint density at radius 1 is 0.967 bits per heavy atom. The summed E-state index contributed by atoms with van der Waals surface area (Å²) in [5.74, 6) is 0.954. The second kappa shape index (κ2) is 12.5. The summed E-state index contributed by atoms with van der Waals surface area (Å²) in [4.78, 5) is 24.2. The van der Waals surface area contributed by atoms with Crippen molar-refractivity contribution in [2.75, 3.05) is 44.0 Å². The van der Waals surface area contributed by atoms with Crippen molar-refractivity contribution >= 4 is 23.2 Å². The first-order valence-electron chi connectivity index (χ1n) is 10.1. The van der Waals surface area contributed by atoms with E-state index in [-0.39, 0.29) is 18.4 Å². The molecule has 0 aliphatic heterocycles. The quantitative estimate of drug-likeness (QED) is 0.463. The van der Waals surface area contributed by atoms with Gasteiger partial charge in [-0.1, -0.05) is 13.8 Å². The minimum atomic E-state index is -0.174. The van der Waals surface area contributed by atoms with Gasteiger partial charge in [0.05, 0.1) is 13.2 Å². The SMILES string of the molecule is COCCCNC(=O)c1ccc(NC(=O)CNc2ccc(OCC(C)C)cc2)cc1. The first kappa shape index (κ1) is 23.2. The largest absolute Gasteiger partial charge is 0.493 e. The van der Waals surface area contributed by atoms with Gasteiger partial charge in [0.15, 0.2) is 0 Å². The van der Waals surface area contributed by atoms with Crippen LogP contribution in [0.3, 0.4) is 0 Å². The minimum Gasteiger partial charge on any atom is -0.493 e. The normalized spacial score (nSPS) is 10.5. The summed E-state index contributed by atoms with van der Waals surface area (Å²) in [5, 5.41) is 8.71. The van der Waals surface area contributed by atoms with Crippen LogP contribution in [0, 0.1) is 5.92 Å². The molecule has 0 fully saturated rings. The van der Waals surface area contributed by atoms with Crippen LogP contribution in [0.1, 0.15) is 30.6 Å². The van der Waals surface area contributed by atoms with Crippen molar-refractivity contribution in [3.8, 4) is 5.75 Å². The van der Waals surface area contributed by atoms with Crippen LogP contribution in [-0.4, -0.2) is 45.2 Å². The van der Waals surface area contributed by atoms with Crippen LogP contribution in [0.25, 0.3) is 0 Å². The van der Waals surface area contributed by atoms with Crippen LogP contribution in [0.4, 0.5) is 11.4 Å². The number of carbonyl (C=O) groups is 2. The molecule has 2 rings (SSSR count). The predicted molar refractivity (Wildman–Crippen MR) is 119 cm³/mol. The molecule has 2 aromatic rings. The molecule has 7 heteroatoms. The molecule has 0 radical (unpaired) electrons. The van der Waals surface area contributed by atoms with E-state index in [1.165, 1.54) is 0 Å². The maximum Gasteiger partial charge on any atom is 0.251 e. The van der Waals surface area contributed by atoms with Gasteiger partial charge in [-0.3, -0.25) is 9.59 Å². The number of hydrogen-bond acceptors (Lipinski definition) is 5. The third-order valence-corrected chi connectivity index (χ3v) is 4.13. The second-order valence-corrected chi connectivity index (χ2v) is 7.31. The zero-order chi connectivity index (χ0) is 21.8. The van der Waals surface area contributed by atoms with E-state index in [2.05, 4.69) is 29.8 Å². The Morgan fingerprint density at radius 2 is 1.63 bits per heavy atom. The number of ether oxygens (including phenoxy) is 2. The molecule has 162 valence electrons. The van der Waals surface area contributed by atoms with Crippen molar-refractivity contribution in [3.63, 3.8) is 0 Å². The molecule has 0 aliphatic rings. The number of amides is 2. The molecule has 0 heterocycles. The molecule has 0 aliphatic carbocycles. The molecule has 3 N–H and O–H groups in total. The van der Waals surface area contributed by atoms with E-state index >= 15 is 0 Å². The predicted octanol–water partition coefficient (Wildman–Crippen LogP) is 3.54. The summed E-state index contributed by atoms with van der Waals surface area (Å²) in [5.41, 5.74) is 2.01. The summed E-state index contributed by atoms with van der Waals surface area (Å²) < 4.78 is 10.6. The smallest absolute Gasteiger partial charge is 0.251 e. The van der Waals surface area contributed by atoms with Crippen molar-refractivity contribution in [3.05, 3.63) is 54.1 Å². The average molecular weight is 414 g/mol. The first-order valence-corrected chi connectivity index (χ1v) is 10.1. The molecular weight excluding hydrogens is 382 g/mol. The fourth-order valence-electron chi connectivity index (χ4n) is 2.54. The average Bonchev–Trinajstić information content (AvgIpc) is 2.75. The standard InChI is InChI=1S/C23H31N3O4/c1-17(2)16-30-21-11-9-19(10-12-21)25-15-22(27)26-20-7-5-18(6-8-20)23(28)24-13-4-14-29-3/h5-12,17,25H,4,13-16H2,1-3H3,(H,24,28)(H,26,27). The van der Waals surface area contributed by atoms with Crippen molar-refractivity contribution in [2.45, 2.75) is 20.3 Å². The summed E-state index contributed by atoms with van der Waals surface area (Å²) in [6, 6.07) is 14.3. The van der Waals surface area contributed by atoms with Crippen molar-refractivity contribution in [1.29, 1.82) is 0 Å². The van der Waals surface area contributed by atoms with Gasteiger partial charge in [0.25, 0.3) is 5.91 Å². The number of carbonyl (C=O) groups excluding carboxylic acids is 2. The molecule has 0 bridgehead atoms. The van der Waals surface area contributed by atoms with Gasteiger partial charge in [0, 0.05) is 37.2 Å². The lowest BCUT2D eigenvalue weighted by Gasteiger charge is -2.11. The highest BCUT2D eigenvalue weighted by Gasteiger charge is 2.07. The molecule has 2 aromatic carbocycles. The summed E-state index contributed by atoms with van der Waals surface area (Å²) >= 11 is 0. The fourth-order valence-corrected chi connectivity index (χ4v) is 2.54. The lowest BCUT2D eigenvalue weighted by atomic mass is 10.2. The Balaban J connectivity index is 1.74. The van der Waals surface area contributed by atoms with E-state index in [0.29, 0.717) is 36.9 Å². The molecule has 30 heavy (non-hydrogen) atoms. The first-order chi connectivity index (χ1) is 14.5. The maximum atomic E-state index is 12.2. The van der Waals surface area contributed by atoms with Gasteiger partial charge >= 0.3 is 0 Å². The van der Waals surface area contributed by atoms with Crippen LogP contribution in [0.15, 0.2) is 48.5 Å². The Hall–Kier alpha value is -3.06. The van der Waals surface area contributed by atoms with Gasteiger partial charge < -0.3 is 25.4 Å². The molecule has 0 saturated carbocycles. The number of benzene rings is 2. The molecule has 0 saturated heterocycles. The second-order valence-electron chi connectivity index (χ2n) is 7.31. The van der Waals surface area contributed by atoms with Crippen molar-refractivity contribution in [1.82, 2.24) is 5.32 Å². The Kier molecular flexibility index (Phi) is 9.67.